The first kappa shape index (κ1) is 9.66. The molecule has 10 heavy (non-hydrogen) atoms. The van der Waals surface area contributed by atoms with Crippen molar-refractivity contribution in [3.8, 4) is 0 Å². The molecule has 0 heterocycles. The summed E-state index contributed by atoms with van der Waals surface area (Å²) in [4.78, 5) is 0. The summed E-state index contributed by atoms with van der Waals surface area (Å²) in [7, 11) is 0. The van der Waals surface area contributed by atoms with Crippen LogP contribution in [0, 0.1) is 0 Å². The second kappa shape index (κ2) is 6.78. The first-order chi connectivity index (χ1) is 4.77. The van der Waals surface area contributed by atoms with Crippen molar-refractivity contribution in [3.05, 3.63) is 12.2 Å². The van der Waals surface area contributed by atoms with Gasteiger partial charge in [-0.1, -0.05) is 12.2 Å². The highest BCUT2D eigenvalue weighted by atomic mass is 16.5. The fourth-order valence-electron chi connectivity index (χ4n) is 0.756. The van der Waals surface area contributed by atoms with Gasteiger partial charge in [-0.3, -0.25) is 0 Å². The van der Waals surface area contributed by atoms with Crippen LogP contribution in [0.2, 0.25) is 0 Å². The summed E-state index contributed by atoms with van der Waals surface area (Å²) >= 11 is 0. The molecule has 0 saturated carbocycles. The van der Waals surface area contributed by atoms with Crippen LogP contribution in [-0.2, 0) is 0 Å². The molecular weight excluding hydrogens is 128 g/mol. The number of hydrogen-bond acceptors (Lipinski definition) is 2. The number of unbranched alkanes of at least 4 members (excludes halogenated alkanes) is 2. The lowest BCUT2D eigenvalue weighted by atomic mass is 10.2. The molecule has 0 aromatic rings. The molecule has 2 nitrogen and oxygen atoms in total. The Morgan fingerprint density at radius 3 is 2.50 bits per heavy atom. The number of aliphatic hydroxyl groups is 2. The third-order valence-electron chi connectivity index (χ3n) is 1.32. The van der Waals surface area contributed by atoms with Gasteiger partial charge in [0.05, 0.1) is 0 Å². The van der Waals surface area contributed by atoms with Crippen molar-refractivity contribution >= 4 is 0 Å². The minimum absolute atomic E-state index is 0.498. The summed E-state index contributed by atoms with van der Waals surface area (Å²) in [6.07, 6.45) is 6.45. The fraction of sp³-hybridized carbons (Fsp3) is 0.750. The number of aliphatic hydroxyl groups excluding tert-OH is 1. The maximum absolute atomic E-state index is 8.45. The van der Waals surface area contributed by atoms with E-state index in [1.54, 1.807) is 0 Å². The molecule has 2 N–H and O–H groups in total. The predicted molar refractivity (Wildman–Crippen MR) is 41.5 cm³/mol. The maximum Gasteiger partial charge on any atom is 0.151 e. The first-order valence-corrected chi connectivity index (χ1v) is 3.74. The molecule has 0 atom stereocenters. The summed E-state index contributed by atoms with van der Waals surface area (Å²) in [5.74, 6) is 0. The molecular formula is C8H16O2. The van der Waals surface area contributed by atoms with Crippen molar-refractivity contribution in [2.75, 3.05) is 0 Å². The smallest absolute Gasteiger partial charge is 0.151 e. The zero-order chi connectivity index (χ0) is 7.82. The Morgan fingerprint density at radius 2 is 2.00 bits per heavy atom. The molecule has 0 rings (SSSR count). The quantitative estimate of drug-likeness (QED) is 0.348. The molecule has 2 heteroatoms. The molecule has 60 valence electrons. The number of hydrogen-bond donors (Lipinski definition) is 2. The third-order valence-corrected chi connectivity index (χ3v) is 1.32. The highest BCUT2D eigenvalue weighted by molar-refractivity contribution is 4.76. The average Bonchev–Trinajstić information content (AvgIpc) is 1.87. The topological polar surface area (TPSA) is 40.5 Å². The van der Waals surface area contributed by atoms with E-state index in [-0.39, 0.29) is 0 Å². The van der Waals surface area contributed by atoms with E-state index in [1.165, 1.54) is 0 Å². The van der Waals surface area contributed by atoms with Crippen LogP contribution in [0.15, 0.2) is 12.2 Å². The molecule has 0 saturated heterocycles. The van der Waals surface area contributed by atoms with Gasteiger partial charge >= 0.3 is 0 Å². The van der Waals surface area contributed by atoms with Crippen LogP contribution >= 0.6 is 0 Å². The van der Waals surface area contributed by atoms with Gasteiger partial charge in [-0.2, -0.15) is 0 Å². The summed E-state index contributed by atoms with van der Waals surface area (Å²) in [6.45, 7) is 1.99. The van der Waals surface area contributed by atoms with Gasteiger partial charge in [0.25, 0.3) is 0 Å². The molecule has 0 radical (unpaired) electrons. The molecule has 0 amide bonds. The lowest BCUT2D eigenvalue weighted by Gasteiger charge is -2.00. The summed E-state index contributed by atoms with van der Waals surface area (Å²) in [5.41, 5.74) is 0. The second-order valence-corrected chi connectivity index (χ2v) is 2.33. The van der Waals surface area contributed by atoms with E-state index in [0.717, 1.165) is 19.3 Å². The molecule has 0 spiro atoms. The van der Waals surface area contributed by atoms with Crippen LogP contribution in [-0.4, -0.2) is 16.5 Å². The van der Waals surface area contributed by atoms with E-state index in [0.29, 0.717) is 6.42 Å². The van der Waals surface area contributed by atoms with Crippen LogP contribution < -0.4 is 0 Å². The Kier molecular flexibility index (Phi) is 6.55. The third kappa shape index (κ3) is 7.66. The second-order valence-electron chi connectivity index (χ2n) is 2.33. The Morgan fingerprint density at radius 1 is 1.30 bits per heavy atom. The molecule has 0 aromatic heterocycles. The standard InChI is InChI=1S/C8H16O2/c1-2-3-4-5-6-7-8(9)10/h2-3,8-10H,4-7H2,1H3. The van der Waals surface area contributed by atoms with Crippen molar-refractivity contribution in [2.45, 2.75) is 38.9 Å². The highest BCUT2D eigenvalue weighted by Crippen LogP contribution is 2.02. The minimum Gasteiger partial charge on any atom is -0.368 e. The first-order valence-electron chi connectivity index (χ1n) is 3.74. The zero-order valence-electron chi connectivity index (χ0n) is 6.45. The van der Waals surface area contributed by atoms with Crippen molar-refractivity contribution in [1.82, 2.24) is 0 Å². The van der Waals surface area contributed by atoms with Crippen LogP contribution in [0.3, 0.4) is 0 Å². The number of rotatable bonds is 5. The van der Waals surface area contributed by atoms with E-state index in [2.05, 4.69) is 6.08 Å². The molecule has 0 bridgehead atoms. The van der Waals surface area contributed by atoms with Crippen molar-refractivity contribution in [3.63, 3.8) is 0 Å². The van der Waals surface area contributed by atoms with Gasteiger partial charge in [0.1, 0.15) is 0 Å². The lowest BCUT2D eigenvalue weighted by molar-refractivity contribution is -0.0464. The Balaban J connectivity index is 2.91. The van der Waals surface area contributed by atoms with Gasteiger partial charge in [0, 0.05) is 0 Å². The van der Waals surface area contributed by atoms with E-state index in [9.17, 15) is 0 Å². The van der Waals surface area contributed by atoms with E-state index in [4.69, 9.17) is 10.2 Å². The van der Waals surface area contributed by atoms with E-state index < -0.39 is 6.29 Å². The van der Waals surface area contributed by atoms with Crippen molar-refractivity contribution < 1.29 is 10.2 Å². The zero-order valence-corrected chi connectivity index (χ0v) is 6.45. The molecule has 0 aromatic carbocycles. The van der Waals surface area contributed by atoms with Crippen LogP contribution in [0.4, 0.5) is 0 Å². The van der Waals surface area contributed by atoms with Crippen LogP contribution in [0.1, 0.15) is 32.6 Å². The van der Waals surface area contributed by atoms with Crippen LogP contribution in [0.5, 0.6) is 0 Å². The summed E-state index contributed by atoms with van der Waals surface area (Å²) < 4.78 is 0. The lowest BCUT2D eigenvalue weighted by Crippen LogP contribution is -2.02. The monoisotopic (exact) mass is 144 g/mol. The highest BCUT2D eigenvalue weighted by Gasteiger charge is 1.94. The average molecular weight is 144 g/mol. The Labute approximate surface area is 62.2 Å². The van der Waals surface area contributed by atoms with Crippen molar-refractivity contribution in [1.29, 1.82) is 0 Å². The van der Waals surface area contributed by atoms with Gasteiger partial charge in [-0.05, 0) is 32.6 Å². The Hall–Kier alpha value is -0.340. The van der Waals surface area contributed by atoms with E-state index >= 15 is 0 Å². The Bertz CT molecular complexity index is 87.3. The van der Waals surface area contributed by atoms with Crippen LogP contribution in [0.25, 0.3) is 0 Å². The number of allylic oxidation sites excluding steroid dienone is 2. The summed E-state index contributed by atoms with van der Waals surface area (Å²) in [6, 6.07) is 0. The van der Waals surface area contributed by atoms with Gasteiger partial charge in [-0.15, -0.1) is 0 Å². The molecule has 0 fully saturated rings. The molecule has 0 aliphatic heterocycles. The van der Waals surface area contributed by atoms with Crippen molar-refractivity contribution in [2.24, 2.45) is 0 Å². The van der Waals surface area contributed by atoms with Gasteiger partial charge in [0.2, 0.25) is 0 Å². The molecule has 0 unspecified atom stereocenters. The predicted octanol–water partition coefficient (Wildman–Crippen LogP) is 1.43. The van der Waals surface area contributed by atoms with Gasteiger partial charge in [-0.25, -0.2) is 0 Å². The van der Waals surface area contributed by atoms with E-state index in [1.807, 2.05) is 13.0 Å². The normalized spacial score (nSPS) is 11.6. The summed E-state index contributed by atoms with van der Waals surface area (Å²) in [5, 5.41) is 16.9. The molecule has 0 aliphatic carbocycles. The maximum atomic E-state index is 8.45. The minimum atomic E-state index is -1.12. The largest absolute Gasteiger partial charge is 0.368 e. The molecule has 0 aliphatic rings. The van der Waals surface area contributed by atoms with Gasteiger partial charge in [0.15, 0.2) is 6.29 Å². The van der Waals surface area contributed by atoms with Gasteiger partial charge < -0.3 is 10.2 Å². The fourth-order valence-corrected chi connectivity index (χ4v) is 0.756. The SMILES string of the molecule is CC=CCCCCC(O)O.